The maximum Gasteiger partial charge on any atom is 0.254 e. The van der Waals surface area contributed by atoms with Crippen molar-refractivity contribution < 1.29 is 18.4 Å². The minimum atomic E-state index is -0.906. The first-order valence-electron chi connectivity index (χ1n) is 10.3. The van der Waals surface area contributed by atoms with Crippen molar-refractivity contribution in [3.05, 3.63) is 70.8 Å². The van der Waals surface area contributed by atoms with Gasteiger partial charge >= 0.3 is 0 Å². The highest BCUT2D eigenvalue weighted by Gasteiger charge is 2.13. The predicted octanol–water partition coefficient (Wildman–Crippen LogP) is 3.39. The number of halogens is 2. The largest absolute Gasteiger partial charge is 0.352 e. The molecule has 2 aromatic rings. The predicted molar refractivity (Wildman–Crippen MR) is 111 cm³/mol. The molecule has 0 aromatic heterocycles. The fourth-order valence-corrected chi connectivity index (χ4v) is 3.47. The van der Waals surface area contributed by atoms with E-state index in [9.17, 15) is 18.4 Å². The number of carbonyl (C=O) groups is 2. The zero-order chi connectivity index (χ0) is 21.3. The molecular weight excluding hydrogens is 388 g/mol. The highest BCUT2D eigenvalue weighted by molar-refractivity contribution is 5.94. The number of hydrogen-bond donors (Lipinski definition) is 2. The minimum absolute atomic E-state index is 0.113. The fourth-order valence-electron chi connectivity index (χ4n) is 3.47. The lowest BCUT2D eigenvalue weighted by molar-refractivity contribution is -0.121. The van der Waals surface area contributed by atoms with Crippen LogP contribution in [0.4, 0.5) is 8.78 Å². The van der Waals surface area contributed by atoms with E-state index in [4.69, 9.17) is 0 Å². The summed E-state index contributed by atoms with van der Waals surface area (Å²) in [5.41, 5.74) is 2.10. The summed E-state index contributed by atoms with van der Waals surface area (Å²) in [6, 6.07) is 11.1. The van der Waals surface area contributed by atoms with Crippen molar-refractivity contribution in [2.75, 3.05) is 19.6 Å². The van der Waals surface area contributed by atoms with Gasteiger partial charge in [-0.1, -0.05) is 24.3 Å². The Morgan fingerprint density at radius 2 is 1.63 bits per heavy atom. The number of nitrogens with one attached hydrogen (secondary N) is 2. The van der Waals surface area contributed by atoms with Gasteiger partial charge in [-0.2, -0.15) is 0 Å². The molecule has 160 valence electrons. The second-order valence-corrected chi connectivity index (χ2v) is 7.56. The first kappa shape index (κ1) is 21.9. The van der Waals surface area contributed by atoms with Crippen LogP contribution in [0.5, 0.6) is 0 Å². The Morgan fingerprint density at radius 1 is 0.933 bits per heavy atom. The summed E-state index contributed by atoms with van der Waals surface area (Å²) in [4.78, 5) is 26.3. The third-order valence-electron chi connectivity index (χ3n) is 5.16. The first-order valence-corrected chi connectivity index (χ1v) is 10.3. The molecular formula is C23H27F2N3O2. The molecule has 0 spiro atoms. The third kappa shape index (κ3) is 6.62. The first-order chi connectivity index (χ1) is 14.5. The molecule has 0 radical (unpaired) electrons. The van der Waals surface area contributed by atoms with Gasteiger partial charge in [-0.15, -0.1) is 0 Å². The highest BCUT2D eigenvalue weighted by Crippen LogP contribution is 2.13. The Morgan fingerprint density at radius 3 is 2.33 bits per heavy atom. The quantitative estimate of drug-likeness (QED) is 0.618. The summed E-state index contributed by atoms with van der Waals surface area (Å²) < 4.78 is 26.4. The van der Waals surface area contributed by atoms with Crippen LogP contribution in [0, 0.1) is 11.6 Å². The summed E-state index contributed by atoms with van der Waals surface area (Å²) in [5.74, 6) is -2.38. The number of amides is 2. The van der Waals surface area contributed by atoms with Crippen molar-refractivity contribution in [1.29, 1.82) is 0 Å². The summed E-state index contributed by atoms with van der Waals surface area (Å²) in [6.07, 6.45) is 3.22. The molecule has 0 saturated carbocycles. The van der Waals surface area contributed by atoms with Gasteiger partial charge in [-0.25, -0.2) is 8.78 Å². The Bertz CT molecular complexity index is 865. The molecule has 0 unspecified atom stereocenters. The molecule has 3 rings (SSSR count). The number of carbonyl (C=O) groups excluding carboxylic acids is 2. The Labute approximate surface area is 175 Å². The zero-order valence-electron chi connectivity index (χ0n) is 16.9. The van der Waals surface area contributed by atoms with E-state index in [0.29, 0.717) is 19.0 Å². The molecule has 5 nitrogen and oxygen atoms in total. The number of rotatable bonds is 9. The van der Waals surface area contributed by atoms with Gasteiger partial charge in [-0.05, 0) is 55.6 Å². The highest BCUT2D eigenvalue weighted by atomic mass is 19.1. The van der Waals surface area contributed by atoms with Crippen LogP contribution in [-0.4, -0.2) is 36.3 Å². The van der Waals surface area contributed by atoms with Gasteiger partial charge in [0.1, 0.15) is 11.6 Å². The van der Waals surface area contributed by atoms with Crippen LogP contribution in [0.3, 0.4) is 0 Å². The lowest BCUT2D eigenvalue weighted by atomic mass is 10.1. The van der Waals surface area contributed by atoms with Crippen molar-refractivity contribution in [1.82, 2.24) is 15.5 Å². The minimum Gasteiger partial charge on any atom is -0.352 e. The SMILES string of the molecule is O=C(CCCNC(=O)c1ccc(F)cc1F)NCc1ccc(CN2CCCC2)cc1. The van der Waals surface area contributed by atoms with E-state index in [1.54, 1.807) is 0 Å². The molecule has 1 saturated heterocycles. The molecule has 2 aromatic carbocycles. The van der Waals surface area contributed by atoms with Crippen molar-refractivity contribution in [2.24, 2.45) is 0 Å². The van der Waals surface area contributed by atoms with Crippen molar-refractivity contribution in [3.8, 4) is 0 Å². The normalized spacial score (nSPS) is 13.9. The van der Waals surface area contributed by atoms with E-state index in [2.05, 4.69) is 27.7 Å². The Kier molecular flexibility index (Phi) is 7.90. The summed E-state index contributed by atoms with van der Waals surface area (Å²) >= 11 is 0. The fraction of sp³-hybridized carbons (Fsp3) is 0.391. The average molecular weight is 415 g/mol. The zero-order valence-corrected chi connectivity index (χ0v) is 16.9. The molecule has 2 N–H and O–H groups in total. The molecule has 1 heterocycles. The molecule has 0 bridgehead atoms. The van der Waals surface area contributed by atoms with Crippen LogP contribution in [-0.2, 0) is 17.9 Å². The maximum atomic E-state index is 13.6. The van der Waals surface area contributed by atoms with Crippen LogP contribution >= 0.6 is 0 Å². The molecule has 1 aliphatic heterocycles. The monoisotopic (exact) mass is 415 g/mol. The van der Waals surface area contributed by atoms with Gasteiger partial charge in [0, 0.05) is 32.1 Å². The summed E-state index contributed by atoms with van der Waals surface area (Å²) in [5, 5.41) is 5.40. The van der Waals surface area contributed by atoms with Crippen LogP contribution in [0.15, 0.2) is 42.5 Å². The second kappa shape index (κ2) is 10.8. The number of benzene rings is 2. The summed E-state index contributed by atoms with van der Waals surface area (Å²) in [6.45, 7) is 3.98. The van der Waals surface area contributed by atoms with E-state index in [1.165, 1.54) is 18.4 Å². The van der Waals surface area contributed by atoms with Gasteiger partial charge in [-0.3, -0.25) is 14.5 Å². The van der Waals surface area contributed by atoms with Crippen LogP contribution < -0.4 is 10.6 Å². The molecule has 1 aliphatic rings. The maximum absolute atomic E-state index is 13.6. The molecule has 0 atom stereocenters. The molecule has 0 aliphatic carbocycles. The average Bonchev–Trinajstić information content (AvgIpc) is 3.23. The molecule has 1 fully saturated rings. The van der Waals surface area contributed by atoms with E-state index in [1.807, 2.05) is 12.1 Å². The second-order valence-electron chi connectivity index (χ2n) is 7.56. The topological polar surface area (TPSA) is 61.4 Å². The number of likely N-dealkylation sites (tertiary alicyclic amines) is 1. The van der Waals surface area contributed by atoms with E-state index in [0.717, 1.165) is 37.3 Å². The van der Waals surface area contributed by atoms with Gasteiger partial charge in [0.15, 0.2) is 0 Å². The van der Waals surface area contributed by atoms with Gasteiger partial charge in [0.25, 0.3) is 5.91 Å². The van der Waals surface area contributed by atoms with Gasteiger partial charge in [0.05, 0.1) is 5.56 Å². The Balaban J connectivity index is 1.32. The molecule has 7 heteroatoms. The van der Waals surface area contributed by atoms with Crippen LogP contribution in [0.1, 0.15) is 47.2 Å². The van der Waals surface area contributed by atoms with E-state index in [-0.39, 0.29) is 24.4 Å². The van der Waals surface area contributed by atoms with Crippen molar-refractivity contribution in [2.45, 2.75) is 38.8 Å². The Hall–Kier alpha value is -2.80. The summed E-state index contributed by atoms with van der Waals surface area (Å²) in [7, 11) is 0. The lowest BCUT2D eigenvalue weighted by Crippen LogP contribution is -2.28. The standard InChI is InChI=1S/C23H27F2N3O2/c24-19-9-10-20(21(25)14-19)23(30)26-11-3-4-22(29)27-15-17-5-7-18(8-6-17)16-28-12-1-2-13-28/h5-10,14H,1-4,11-13,15-16H2,(H,26,30)(H,27,29). The smallest absolute Gasteiger partial charge is 0.254 e. The van der Waals surface area contributed by atoms with Gasteiger partial charge in [0.2, 0.25) is 5.91 Å². The van der Waals surface area contributed by atoms with E-state index < -0.39 is 17.5 Å². The van der Waals surface area contributed by atoms with E-state index >= 15 is 0 Å². The van der Waals surface area contributed by atoms with Crippen molar-refractivity contribution in [3.63, 3.8) is 0 Å². The molecule has 30 heavy (non-hydrogen) atoms. The van der Waals surface area contributed by atoms with Crippen LogP contribution in [0.25, 0.3) is 0 Å². The molecule has 2 amide bonds. The van der Waals surface area contributed by atoms with Gasteiger partial charge < -0.3 is 10.6 Å². The number of hydrogen-bond acceptors (Lipinski definition) is 3. The lowest BCUT2D eigenvalue weighted by Gasteiger charge is -2.14. The number of nitrogens with zero attached hydrogens (tertiary/aromatic N) is 1. The third-order valence-corrected chi connectivity index (χ3v) is 5.16. The van der Waals surface area contributed by atoms with Crippen LogP contribution in [0.2, 0.25) is 0 Å². The van der Waals surface area contributed by atoms with Crippen molar-refractivity contribution >= 4 is 11.8 Å².